The Morgan fingerprint density at radius 2 is 1.97 bits per heavy atom. The van der Waals surface area contributed by atoms with Crippen LogP contribution in [0.25, 0.3) is 10.9 Å². The summed E-state index contributed by atoms with van der Waals surface area (Å²) in [6.45, 7) is 9.48. The number of ether oxygens (including phenoxy) is 1. The molecule has 1 aromatic carbocycles. The van der Waals surface area contributed by atoms with Gasteiger partial charge in [0.1, 0.15) is 5.60 Å². The molecule has 2 aliphatic rings. The Labute approximate surface area is 187 Å². The van der Waals surface area contributed by atoms with Crippen molar-refractivity contribution in [1.29, 1.82) is 0 Å². The average molecular weight is 442 g/mol. The molecule has 2 atom stereocenters. The summed E-state index contributed by atoms with van der Waals surface area (Å²) in [7, 11) is 1.88. The van der Waals surface area contributed by atoms with Gasteiger partial charge >= 0.3 is 6.09 Å². The molecule has 0 saturated carbocycles. The van der Waals surface area contributed by atoms with Crippen LogP contribution < -0.4 is 10.2 Å². The van der Waals surface area contributed by atoms with Crippen LogP contribution >= 0.6 is 0 Å². The zero-order chi connectivity index (χ0) is 23.2. The number of amides is 3. The molecule has 0 bridgehead atoms. The van der Waals surface area contributed by atoms with Gasteiger partial charge in [-0.3, -0.25) is 19.6 Å². The highest BCUT2D eigenvalue weighted by Crippen LogP contribution is 2.35. The van der Waals surface area contributed by atoms with Crippen LogP contribution in [0.2, 0.25) is 0 Å². The lowest BCUT2D eigenvalue weighted by molar-refractivity contribution is -0.134. The minimum Gasteiger partial charge on any atom is -0.444 e. The lowest BCUT2D eigenvalue weighted by Gasteiger charge is -2.41. The molecule has 3 amide bonds. The number of hydrogen-bond acceptors (Lipinski definition) is 6. The van der Waals surface area contributed by atoms with Gasteiger partial charge in [0.05, 0.1) is 22.8 Å². The molecule has 2 fully saturated rings. The maximum absolute atomic E-state index is 12.5. The number of hydrogen-bond donors (Lipinski definition) is 1. The van der Waals surface area contributed by atoms with Crippen LogP contribution in [0.5, 0.6) is 0 Å². The van der Waals surface area contributed by atoms with E-state index in [-0.39, 0.29) is 23.9 Å². The van der Waals surface area contributed by atoms with Crippen molar-refractivity contribution in [2.45, 2.75) is 58.1 Å². The van der Waals surface area contributed by atoms with E-state index >= 15 is 0 Å². The number of aromatic nitrogens is 2. The number of para-hydroxylation sites is 1. The summed E-state index contributed by atoms with van der Waals surface area (Å²) < 4.78 is 7.35. The second-order valence-corrected chi connectivity index (χ2v) is 9.65. The molecule has 0 aliphatic carbocycles. The Morgan fingerprint density at radius 3 is 2.62 bits per heavy atom. The smallest absolute Gasteiger partial charge is 0.410 e. The van der Waals surface area contributed by atoms with Gasteiger partial charge in [-0.15, -0.1) is 0 Å². The number of piperidine rings is 1. The van der Waals surface area contributed by atoms with E-state index < -0.39 is 11.5 Å². The quantitative estimate of drug-likeness (QED) is 0.720. The predicted molar refractivity (Wildman–Crippen MR) is 120 cm³/mol. The third-order valence-electron chi connectivity index (χ3n) is 6.03. The Hall–Kier alpha value is -3.10. The summed E-state index contributed by atoms with van der Waals surface area (Å²) in [5.74, 6) is -0.956. The van der Waals surface area contributed by atoms with Crippen molar-refractivity contribution in [1.82, 2.24) is 20.0 Å². The summed E-state index contributed by atoms with van der Waals surface area (Å²) in [6, 6.07) is 6.09. The molecular formula is C23H31N5O4. The van der Waals surface area contributed by atoms with Crippen LogP contribution in [0.15, 0.2) is 18.2 Å². The molecule has 0 radical (unpaired) electrons. The lowest BCUT2D eigenvalue weighted by Crippen LogP contribution is -2.54. The zero-order valence-electron chi connectivity index (χ0n) is 19.3. The van der Waals surface area contributed by atoms with Crippen molar-refractivity contribution in [3.63, 3.8) is 0 Å². The Bertz CT molecular complexity index is 1070. The van der Waals surface area contributed by atoms with Crippen molar-refractivity contribution < 1.29 is 19.1 Å². The van der Waals surface area contributed by atoms with Crippen LogP contribution in [0.3, 0.4) is 0 Å². The normalized spacial score (nSPS) is 22.3. The number of fused-ring (bicyclic) bond motifs is 1. The number of imide groups is 1. The van der Waals surface area contributed by atoms with Crippen LogP contribution in [0.1, 0.15) is 52.1 Å². The number of piperazine rings is 1. The van der Waals surface area contributed by atoms with E-state index in [4.69, 9.17) is 4.74 Å². The molecule has 1 unspecified atom stereocenters. The first-order valence-corrected chi connectivity index (χ1v) is 11.1. The molecule has 2 aliphatic heterocycles. The average Bonchev–Trinajstić information content (AvgIpc) is 3.03. The molecular weight excluding hydrogens is 410 g/mol. The number of carbonyl (C=O) groups excluding carboxylic acids is 3. The predicted octanol–water partition coefficient (Wildman–Crippen LogP) is 2.54. The first-order chi connectivity index (χ1) is 15.0. The number of rotatable bonds is 2. The standard InChI is InChI=1S/C23H31N5O4/c1-14-13-27(22(31)32-23(2,3)4)11-12-28(14)17-8-6-7-15-19(25-26(5)20(15)17)16-9-10-18(29)24-21(16)30/h6-8,14,16H,9-13H2,1-5H3,(H,24,29,30)/t14-,16?/m1/s1. The first-order valence-electron chi connectivity index (χ1n) is 11.1. The van der Waals surface area contributed by atoms with Crippen LogP contribution in [-0.2, 0) is 21.4 Å². The Morgan fingerprint density at radius 1 is 1.22 bits per heavy atom. The third-order valence-corrected chi connectivity index (χ3v) is 6.03. The molecule has 9 heteroatoms. The SMILES string of the molecule is C[C@@H]1CN(C(=O)OC(C)(C)C)CCN1c1cccc2c(C3CCC(=O)NC3=O)nn(C)c12. The van der Waals surface area contributed by atoms with Crippen LogP contribution in [0.4, 0.5) is 10.5 Å². The van der Waals surface area contributed by atoms with Gasteiger partial charge < -0.3 is 14.5 Å². The molecule has 1 aromatic heterocycles. The third kappa shape index (κ3) is 4.16. The fourth-order valence-corrected chi connectivity index (χ4v) is 4.60. The summed E-state index contributed by atoms with van der Waals surface area (Å²) in [6.07, 6.45) is 0.493. The van der Waals surface area contributed by atoms with E-state index in [1.165, 1.54) is 0 Å². The van der Waals surface area contributed by atoms with Gasteiger partial charge in [0.2, 0.25) is 11.8 Å². The van der Waals surface area contributed by atoms with Crippen molar-refractivity contribution in [3.8, 4) is 0 Å². The van der Waals surface area contributed by atoms with Crippen LogP contribution in [0, 0.1) is 0 Å². The molecule has 0 spiro atoms. The lowest BCUT2D eigenvalue weighted by atomic mass is 9.92. The van der Waals surface area contributed by atoms with E-state index in [9.17, 15) is 14.4 Å². The molecule has 2 aromatic rings. The molecule has 172 valence electrons. The molecule has 9 nitrogen and oxygen atoms in total. The summed E-state index contributed by atoms with van der Waals surface area (Å²) >= 11 is 0. The van der Waals surface area contributed by atoms with E-state index in [1.54, 1.807) is 4.90 Å². The fraction of sp³-hybridized carbons (Fsp3) is 0.565. The van der Waals surface area contributed by atoms with Crippen LogP contribution in [-0.4, -0.2) is 63.9 Å². The minimum atomic E-state index is -0.524. The number of nitrogens with one attached hydrogen (secondary N) is 1. The number of anilines is 1. The van der Waals surface area contributed by atoms with Gasteiger partial charge in [-0.2, -0.15) is 5.10 Å². The highest BCUT2D eigenvalue weighted by Gasteiger charge is 2.34. The highest BCUT2D eigenvalue weighted by atomic mass is 16.6. The number of benzene rings is 1. The van der Waals surface area contributed by atoms with Crippen molar-refractivity contribution in [2.24, 2.45) is 7.05 Å². The summed E-state index contributed by atoms with van der Waals surface area (Å²) in [4.78, 5) is 40.6. The Kier molecular flexibility index (Phi) is 5.60. The summed E-state index contributed by atoms with van der Waals surface area (Å²) in [5, 5.41) is 8.04. The maximum atomic E-state index is 12.5. The Balaban J connectivity index is 1.61. The summed E-state index contributed by atoms with van der Waals surface area (Å²) in [5.41, 5.74) is 2.15. The van der Waals surface area contributed by atoms with E-state index in [1.807, 2.05) is 44.6 Å². The van der Waals surface area contributed by atoms with E-state index in [0.717, 1.165) is 16.6 Å². The van der Waals surface area contributed by atoms with Crippen molar-refractivity contribution in [3.05, 3.63) is 23.9 Å². The zero-order valence-corrected chi connectivity index (χ0v) is 19.3. The molecule has 4 rings (SSSR count). The van der Waals surface area contributed by atoms with Crippen molar-refractivity contribution >= 4 is 34.5 Å². The molecule has 32 heavy (non-hydrogen) atoms. The number of aryl methyl sites for hydroxylation is 1. The fourth-order valence-electron chi connectivity index (χ4n) is 4.60. The molecule has 2 saturated heterocycles. The van der Waals surface area contributed by atoms with Gasteiger partial charge in [-0.05, 0) is 40.2 Å². The van der Waals surface area contributed by atoms with E-state index in [2.05, 4.69) is 28.3 Å². The molecule has 3 heterocycles. The second kappa shape index (κ2) is 8.11. The highest BCUT2D eigenvalue weighted by molar-refractivity contribution is 6.03. The minimum absolute atomic E-state index is 0.0795. The van der Waals surface area contributed by atoms with Gasteiger partial charge in [0.15, 0.2) is 0 Å². The monoisotopic (exact) mass is 441 g/mol. The van der Waals surface area contributed by atoms with Gasteiger partial charge in [0.25, 0.3) is 0 Å². The van der Waals surface area contributed by atoms with E-state index in [0.29, 0.717) is 38.2 Å². The van der Waals surface area contributed by atoms with Gasteiger partial charge in [-0.1, -0.05) is 12.1 Å². The largest absolute Gasteiger partial charge is 0.444 e. The molecule has 1 N–H and O–H groups in total. The number of carbonyl (C=O) groups is 3. The van der Waals surface area contributed by atoms with Crippen molar-refractivity contribution in [2.75, 3.05) is 24.5 Å². The second-order valence-electron chi connectivity index (χ2n) is 9.65. The number of nitrogens with zero attached hydrogens (tertiary/aromatic N) is 4. The topological polar surface area (TPSA) is 96.8 Å². The maximum Gasteiger partial charge on any atom is 0.410 e. The van der Waals surface area contributed by atoms with Gasteiger partial charge in [-0.25, -0.2) is 4.79 Å². The first kappa shape index (κ1) is 22.1. The van der Waals surface area contributed by atoms with Gasteiger partial charge in [0, 0.05) is 44.5 Å².